The Bertz CT molecular complexity index is 975. The highest BCUT2D eigenvalue weighted by Crippen LogP contribution is 2.35. The number of rotatable bonds is 7. The molecule has 0 aliphatic rings. The molecule has 0 saturated carbocycles. The SMILES string of the molecule is C=C(Oc1ccc(Oc2ccc(F)cc2F)c(NS(C)(=O)=O)c1)C(=O)O. The lowest BCUT2D eigenvalue weighted by atomic mass is 10.2. The summed E-state index contributed by atoms with van der Waals surface area (Å²) in [6.07, 6.45) is 0.874. The summed E-state index contributed by atoms with van der Waals surface area (Å²) in [6.45, 7) is 3.19. The fourth-order valence-electron chi connectivity index (χ4n) is 1.80. The van der Waals surface area contributed by atoms with Gasteiger partial charge in [-0.1, -0.05) is 0 Å². The first-order chi connectivity index (χ1) is 12.0. The van der Waals surface area contributed by atoms with E-state index in [0.29, 0.717) is 6.07 Å². The molecule has 0 unspecified atom stereocenters. The average molecular weight is 385 g/mol. The Balaban J connectivity index is 2.40. The highest BCUT2D eigenvalue weighted by molar-refractivity contribution is 7.92. The summed E-state index contributed by atoms with van der Waals surface area (Å²) in [5.74, 6) is -4.30. The van der Waals surface area contributed by atoms with Crippen LogP contribution in [0.2, 0.25) is 0 Å². The maximum absolute atomic E-state index is 13.7. The third-order valence-electron chi connectivity index (χ3n) is 2.84. The molecule has 2 N–H and O–H groups in total. The van der Waals surface area contributed by atoms with Crippen LogP contribution in [-0.2, 0) is 14.8 Å². The van der Waals surface area contributed by atoms with E-state index in [4.69, 9.17) is 14.6 Å². The van der Waals surface area contributed by atoms with Crippen molar-refractivity contribution in [3.05, 3.63) is 60.4 Å². The van der Waals surface area contributed by atoms with Gasteiger partial charge in [0.05, 0.1) is 11.9 Å². The summed E-state index contributed by atoms with van der Waals surface area (Å²) in [5, 5.41) is 8.77. The van der Waals surface area contributed by atoms with Gasteiger partial charge in [-0.15, -0.1) is 0 Å². The van der Waals surface area contributed by atoms with Crippen molar-refractivity contribution >= 4 is 21.7 Å². The molecule has 2 aromatic rings. The third kappa shape index (κ3) is 5.18. The molecular formula is C16H13F2NO6S. The molecule has 2 rings (SSSR count). The second-order valence-electron chi connectivity index (χ2n) is 5.04. The quantitative estimate of drug-likeness (QED) is 0.561. The van der Waals surface area contributed by atoms with Crippen molar-refractivity contribution in [3.63, 3.8) is 0 Å². The maximum atomic E-state index is 13.7. The molecule has 0 spiro atoms. The second kappa shape index (κ2) is 7.40. The van der Waals surface area contributed by atoms with E-state index in [2.05, 4.69) is 11.3 Å². The standard InChI is InChI=1S/C16H13F2NO6S/c1-9(16(20)21)24-11-4-6-15(13(8-11)19-26(2,22)23)25-14-5-3-10(17)7-12(14)18/h3-8,19H,1H2,2H3,(H,20,21). The minimum absolute atomic E-state index is 0.0459. The van der Waals surface area contributed by atoms with E-state index in [0.717, 1.165) is 24.5 Å². The zero-order valence-electron chi connectivity index (χ0n) is 13.3. The molecular weight excluding hydrogens is 372 g/mol. The number of hydrogen-bond acceptors (Lipinski definition) is 5. The Morgan fingerprint density at radius 1 is 1.15 bits per heavy atom. The van der Waals surface area contributed by atoms with Crippen LogP contribution in [0, 0.1) is 11.6 Å². The predicted molar refractivity (Wildman–Crippen MR) is 88.7 cm³/mol. The smallest absolute Gasteiger partial charge is 0.371 e. The molecule has 138 valence electrons. The summed E-state index contributed by atoms with van der Waals surface area (Å²) in [5.41, 5.74) is -0.146. The van der Waals surface area contributed by atoms with Crippen molar-refractivity contribution in [2.24, 2.45) is 0 Å². The normalized spacial score (nSPS) is 10.9. The summed E-state index contributed by atoms with van der Waals surface area (Å²) in [4.78, 5) is 10.8. The largest absolute Gasteiger partial charge is 0.475 e. The molecule has 0 saturated heterocycles. The van der Waals surface area contributed by atoms with Crippen LogP contribution in [0.1, 0.15) is 0 Å². The topological polar surface area (TPSA) is 102 Å². The first-order valence-electron chi connectivity index (χ1n) is 6.90. The molecule has 0 radical (unpaired) electrons. The van der Waals surface area contributed by atoms with Gasteiger partial charge >= 0.3 is 5.97 Å². The van der Waals surface area contributed by atoms with Crippen molar-refractivity contribution in [1.82, 2.24) is 0 Å². The number of benzene rings is 2. The number of sulfonamides is 1. The molecule has 0 atom stereocenters. The van der Waals surface area contributed by atoms with Crippen molar-refractivity contribution in [2.75, 3.05) is 11.0 Å². The van der Waals surface area contributed by atoms with Gasteiger partial charge in [0.2, 0.25) is 15.8 Å². The Morgan fingerprint density at radius 2 is 1.81 bits per heavy atom. The van der Waals surface area contributed by atoms with Crippen LogP contribution in [0.15, 0.2) is 48.7 Å². The van der Waals surface area contributed by atoms with E-state index in [-0.39, 0.29) is 22.9 Å². The molecule has 0 heterocycles. The fraction of sp³-hybridized carbons (Fsp3) is 0.0625. The van der Waals surface area contributed by atoms with Crippen LogP contribution < -0.4 is 14.2 Å². The highest BCUT2D eigenvalue weighted by Gasteiger charge is 2.15. The van der Waals surface area contributed by atoms with Crippen LogP contribution in [0.25, 0.3) is 0 Å². The van der Waals surface area contributed by atoms with Crippen LogP contribution in [0.5, 0.6) is 17.2 Å². The minimum atomic E-state index is -3.75. The van der Waals surface area contributed by atoms with Crippen LogP contribution in [-0.4, -0.2) is 25.7 Å². The Morgan fingerprint density at radius 3 is 2.38 bits per heavy atom. The van der Waals surface area contributed by atoms with E-state index in [1.807, 2.05) is 0 Å². The number of nitrogens with one attached hydrogen (secondary N) is 1. The van der Waals surface area contributed by atoms with Crippen molar-refractivity contribution in [2.45, 2.75) is 0 Å². The van der Waals surface area contributed by atoms with Crippen molar-refractivity contribution in [1.29, 1.82) is 0 Å². The first-order valence-corrected chi connectivity index (χ1v) is 8.79. The molecule has 0 amide bonds. The second-order valence-corrected chi connectivity index (χ2v) is 6.79. The van der Waals surface area contributed by atoms with Crippen molar-refractivity contribution < 1.29 is 36.6 Å². The summed E-state index contributed by atoms with van der Waals surface area (Å²) in [6, 6.07) is 6.22. The van der Waals surface area contributed by atoms with E-state index < -0.39 is 33.4 Å². The number of hydrogen-bond donors (Lipinski definition) is 2. The van der Waals surface area contributed by atoms with Gasteiger partial charge in [-0.25, -0.2) is 22.0 Å². The van der Waals surface area contributed by atoms with Gasteiger partial charge in [-0.3, -0.25) is 4.72 Å². The summed E-state index contributed by atoms with van der Waals surface area (Å²) < 4.78 is 62.1. The van der Waals surface area contributed by atoms with Crippen LogP contribution >= 0.6 is 0 Å². The first kappa shape index (κ1) is 19.2. The number of ether oxygens (including phenoxy) is 2. The monoisotopic (exact) mass is 385 g/mol. The minimum Gasteiger partial charge on any atom is -0.475 e. The predicted octanol–water partition coefficient (Wildman–Crippen LogP) is 3.11. The number of carbonyl (C=O) groups is 1. The fourth-order valence-corrected chi connectivity index (χ4v) is 2.36. The molecule has 10 heteroatoms. The van der Waals surface area contributed by atoms with E-state index in [1.54, 1.807) is 0 Å². The molecule has 0 bridgehead atoms. The van der Waals surface area contributed by atoms with E-state index in [9.17, 15) is 22.0 Å². The number of aliphatic carboxylic acids is 1. The van der Waals surface area contributed by atoms with Crippen LogP contribution in [0.4, 0.5) is 14.5 Å². The Kier molecular flexibility index (Phi) is 5.46. The number of anilines is 1. The number of halogens is 2. The lowest BCUT2D eigenvalue weighted by Gasteiger charge is -2.14. The third-order valence-corrected chi connectivity index (χ3v) is 3.43. The molecule has 0 aliphatic heterocycles. The van der Waals surface area contributed by atoms with Gasteiger partial charge in [0, 0.05) is 12.1 Å². The summed E-state index contributed by atoms with van der Waals surface area (Å²) in [7, 11) is -3.75. The van der Waals surface area contributed by atoms with Gasteiger partial charge in [0.15, 0.2) is 17.3 Å². The van der Waals surface area contributed by atoms with E-state index in [1.165, 1.54) is 12.1 Å². The van der Waals surface area contributed by atoms with Gasteiger partial charge in [-0.05, 0) is 30.8 Å². The molecule has 7 nitrogen and oxygen atoms in total. The Hall–Kier alpha value is -3.14. The van der Waals surface area contributed by atoms with E-state index >= 15 is 0 Å². The zero-order chi connectivity index (χ0) is 19.5. The molecule has 26 heavy (non-hydrogen) atoms. The number of carboxylic acids is 1. The zero-order valence-corrected chi connectivity index (χ0v) is 14.1. The number of carboxylic acid groups (broad SMARTS) is 1. The maximum Gasteiger partial charge on any atom is 0.371 e. The lowest BCUT2D eigenvalue weighted by Crippen LogP contribution is -2.11. The van der Waals surface area contributed by atoms with Crippen LogP contribution in [0.3, 0.4) is 0 Å². The van der Waals surface area contributed by atoms with Gasteiger partial charge in [0.1, 0.15) is 11.6 Å². The van der Waals surface area contributed by atoms with Crippen molar-refractivity contribution in [3.8, 4) is 17.2 Å². The van der Waals surface area contributed by atoms with Gasteiger partial charge in [0.25, 0.3) is 0 Å². The highest BCUT2D eigenvalue weighted by atomic mass is 32.2. The van der Waals surface area contributed by atoms with Gasteiger partial charge in [-0.2, -0.15) is 0 Å². The average Bonchev–Trinajstić information content (AvgIpc) is 2.50. The molecule has 0 aromatic heterocycles. The molecule has 0 fully saturated rings. The Labute approximate surface area is 147 Å². The van der Waals surface area contributed by atoms with Gasteiger partial charge < -0.3 is 14.6 Å². The molecule has 2 aromatic carbocycles. The lowest BCUT2D eigenvalue weighted by molar-refractivity contribution is -0.135. The molecule has 0 aliphatic carbocycles. The summed E-state index contributed by atoms with van der Waals surface area (Å²) >= 11 is 0.